The Labute approximate surface area is 144 Å². The van der Waals surface area contributed by atoms with Crippen LogP contribution in [-0.2, 0) is 0 Å². The maximum absolute atomic E-state index is 13.5. The van der Waals surface area contributed by atoms with Gasteiger partial charge in [0, 0.05) is 12.2 Å². The zero-order chi connectivity index (χ0) is 16.8. The third-order valence-corrected chi connectivity index (χ3v) is 5.64. The highest BCUT2D eigenvalue weighted by Crippen LogP contribution is 2.42. The molecule has 3 heterocycles. The van der Waals surface area contributed by atoms with Gasteiger partial charge in [-0.05, 0) is 43.2 Å². The molecule has 3 fully saturated rings. The van der Waals surface area contributed by atoms with Gasteiger partial charge in [0.05, 0.1) is 11.6 Å². The van der Waals surface area contributed by atoms with Gasteiger partial charge < -0.3 is 5.32 Å². The van der Waals surface area contributed by atoms with Crippen LogP contribution in [0.25, 0.3) is 22.6 Å². The van der Waals surface area contributed by atoms with Crippen molar-refractivity contribution in [3.8, 4) is 11.5 Å². The molecule has 2 bridgehead atoms. The van der Waals surface area contributed by atoms with E-state index in [4.69, 9.17) is 0 Å². The van der Waals surface area contributed by atoms with Gasteiger partial charge in [0.15, 0.2) is 11.5 Å². The summed E-state index contributed by atoms with van der Waals surface area (Å²) >= 11 is 0. The number of anilines is 1. The standard InChI is InChI=1S/C18H19FN6/c19-12-8-13-16(24-25-17(13)21-9-12)18-20-6-5-15(23-18)22-14-7-10-1-3-11(14)4-2-10/h5-6,8-11,14H,1-4,7H2,(H,20,22,23)(H,21,24,25). The zero-order valence-corrected chi connectivity index (χ0v) is 13.7. The minimum absolute atomic E-state index is 0.400. The molecule has 0 saturated heterocycles. The van der Waals surface area contributed by atoms with E-state index in [-0.39, 0.29) is 0 Å². The van der Waals surface area contributed by atoms with E-state index < -0.39 is 5.82 Å². The summed E-state index contributed by atoms with van der Waals surface area (Å²) in [5.74, 6) is 2.52. The molecule has 1 unspecified atom stereocenters. The second-order valence-electron chi connectivity index (χ2n) is 7.16. The quantitative estimate of drug-likeness (QED) is 0.763. The van der Waals surface area contributed by atoms with Crippen molar-refractivity contribution < 1.29 is 4.39 Å². The van der Waals surface area contributed by atoms with E-state index in [9.17, 15) is 4.39 Å². The SMILES string of the molecule is Fc1cnc2n[nH]c(-c3nccc(NC4CC5CCC4CC5)n3)c2c1. The first kappa shape index (κ1) is 14.7. The summed E-state index contributed by atoms with van der Waals surface area (Å²) < 4.78 is 13.5. The Balaban J connectivity index is 1.45. The molecule has 1 atom stereocenters. The summed E-state index contributed by atoms with van der Waals surface area (Å²) in [4.78, 5) is 12.9. The van der Waals surface area contributed by atoms with E-state index >= 15 is 0 Å². The summed E-state index contributed by atoms with van der Waals surface area (Å²) in [5, 5.41) is 11.2. The molecule has 6 nitrogen and oxygen atoms in total. The number of pyridine rings is 1. The summed E-state index contributed by atoms with van der Waals surface area (Å²) in [6.45, 7) is 0. The van der Waals surface area contributed by atoms with Crippen LogP contribution < -0.4 is 5.32 Å². The molecule has 2 N–H and O–H groups in total. The molecule has 128 valence electrons. The van der Waals surface area contributed by atoms with Gasteiger partial charge in [0.2, 0.25) is 0 Å². The van der Waals surface area contributed by atoms with Crippen LogP contribution in [-0.4, -0.2) is 31.2 Å². The van der Waals surface area contributed by atoms with E-state index in [1.54, 1.807) is 6.20 Å². The average molecular weight is 338 g/mol. The highest BCUT2D eigenvalue weighted by Gasteiger charge is 2.35. The summed E-state index contributed by atoms with van der Waals surface area (Å²) in [6, 6.07) is 3.79. The van der Waals surface area contributed by atoms with Crippen molar-refractivity contribution in [2.75, 3.05) is 5.32 Å². The Kier molecular flexibility index (Phi) is 3.39. The van der Waals surface area contributed by atoms with Crippen LogP contribution in [0, 0.1) is 17.7 Å². The van der Waals surface area contributed by atoms with E-state index in [0.29, 0.717) is 28.6 Å². The molecule has 6 rings (SSSR count). The van der Waals surface area contributed by atoms with Crippen LogP contribution in [0.3, 0.4) is 0 Å². The van der Waals surface area contributed by atoms with Gasteiger partial charge in [0.1, 0.15) is 17.3 Å². The first-order valence-electron chi connectivity index (χ1n) is 8.86. The van der Waals surface area contributed by atoms with Crippen LogP contribution in [0.15, 0.2) is 24.5 Å². The van der Waals surface area contributed by atoms with Crippen LogP contribution in [0.5, 0.6) is 0 Å². The Hall–Kier alpha value is -2.57. The van der Waals surface area contributed by atoms with E-state index in [0.717, 1.165) is 23.9 Å². The van der Waals surface area contributed by atoms with Gasteiger partial charge in [-0.2, -0.15) is 5.10 Å². The first-order valence-corrected chi connectivity index (χ1v) is 8.86. The van der Waals surface area contributed by atoms with Crippen molar-refractivity contribution >= 4 is 16.9 Å². The van der Waals surface area contributed by atoms with Crippen LogP contribution in [0.2, 0.25) is 0 Å². The predicted octanol–water partition coefficient (Wildman–Crippen LogP) is 3.54. The molecule has 0 aromatic carbocycles. The lowest BCUT2D eigenvalue weighted by atomic mass is 9.68. The molecule has 25 heavy (non-hydrogen) atoms. The molecule has 0 spiro atoms. The average Bonchev–Trinajstić information content (AvgIpc) is 3.06. The van der Waals surface area contributed by atoms with Crippen molar-refractivity contribution in [1.82, 2.24) is 25.1 Å². The number of aromatic nitrogens is 5. The van der Waals surface area contributed by atoms with Gasteiger partial charge in [0.25, 0.3) is 0 Å². The van der Waals surface area contributed by atoms with Crippen molar-refractivity contribution in [1.29, 1.82) is 0 Å². The topological polar surface area (TPSA) is 79.4 Å². The molecule has 7 heteroatoms. The highest BCUT2D eigenvalue weighted by molar-refractivity contribution is 5.88. The van der Waals surface area contributed by atoms with E-state index in [2.05, 4.69) is 30.5 Å². The molecule has 3 saturated carbocycles. The third kappa shape index (κ3) is 2.63. The summed E-state index contributed by atoms with van der Waals surface area (Å²) in [5.41, 5.74) is 1.05. The number of rotatable bonds is 3. The fourth-order valence-corrected chi connectivity index (χ4v) is 4.35. The molecule has 3 aromatic heterocycles. The fraction of sp³-hybridized carbons (Fsp3) is 0.444. The lowest BCUT2D eigenvalue weighted by molar-refractivity contribution is 0.157. The Morgan fingerprint density at radius 2 is 2.04 bits per heavy atom. The van der Waals surface area contributed by atoms with Gasteiger partial charge in [-0.1, -0.05) is 12.8 Å². The molecule has 0 aliphatic heterocycles. The number of hydrogen-bond acceptors (Lipinski definition) is 5. The second-order valence-corrected chi connectivity index (χ2v) is 7.16. The Bertz CT molecular complexity index is 915. The second kappa shape index (κ2) is 5.75. The molecular formula is C18H19FN6. The Morgan fingerprint density at radius 1 is 1.16 bits per heavy atom. The van der Waals surface area contributed by atoms with Crippen molar-refractivity contribution in [2.45, 2.75) is 38.1 Å². The minimum atomic E-state index is -0.400. The monoisotopic (exact) mass is 338 g/mol. The molecule has 3 aliphatic carbocycles. The third-order valence-electron chi connectivity index (χ3n) is 5.64. The molecule has 3 aliphatic rings. The zero-order valence-electron chi connectivity index (χ0n) is 13.7. The smallest absolute Gasteiger partial charge is 0.181 e. The van der Waals surface area contributed by atoms with Crippen LogP contribution in [0.1, 0.15) is 32.1 Å². The predicted molar refractivity (Wildman–Crippen MR) is 92.3 cm³/mol. The molecule has 0 radical (unpaired) electrons. The van der Waals surface area contributed by atoms with Gasteiger partial charge in [-0.3, -0.25) is 5.10 Å². The summed E-state index contributed by atoms with van der Waals surface area (Å²) in [6.07, 6.45) is 9.49. The van der Waals surface area contributed by atoms with E-state index in [1.165, 1.54) is 38.2 Å². The molecular weight excluding hydrogens is 319 g/mol. The minimum Gasteiger partial charge on any atom is -0.367 e. The summed E-state index contributed by atoms with van der Waals surface area (Å²) in [7, 11) is 0. The van der Waals surface area contributed by atoms with Gasteiger partial charge in [-0.15, -0.1) is 0 Å². The van der Waals surface area contributed by atoms with Crippen molar-refractivity contribution in [3.63, 3.8) is 0 Å². The number of nitrogens with one attached hydrogen (secondary N) is 2. The number of H-pyrrole nitrogens is 1. The lowest BCUT2D eigenvalue weighted by Crippen LogP contribution is -2.40. The van der Waals surface area contributed by atoms with E-state index in [1.807, 2.05) is 6.07 Å². The molecule has 3 aromatic rings. The Morgan fingerprint density at radius 3 is 2.84 bits per heavy atom. The first-order chi connectivity index (χ1) is 12.3. The maximum atomic E-state index is 13.5. The van der Waals surface area contributed by atoms with Gasteiger partial charge in [-0.25, -0.2) is 19.3 Å². The highest BCUT2D eigenvalue weighted by atomic mass is 19.1. The number of halogens is 1. The largest absolute Gasteiger partial charge is 0.367 e. The number of nitrogens with zero attached hydrogens (tertiary/aromatic N) is 4. The fourth-order valence-electron chi connectivity index (χ4n) is 4.35. The van der Waals surface area contributed by atoms with Crippen LogP contribution >= 0.6 is 0 Å². The number of fused-ring (bicyclic) bond motifs is 4. The normalized spacial score (nSPS) is 25.4. The van der Waals surface area contributed by atoms with Crippen molar-refractivity contribution in [3.05, 3.63) is 30.3 Å². The maximum Gasteiger partial charge on any atom is 0.181 e. The molecule has 0 amide bonds. The number of hydrogen-bond donors (Lipinski definition) is 2. The lowest BCUT2D eigenvalue weighted by Gasteiger charge is -2.42. The number of aromatic amines is 1. The van der Waals surface area contributed by atoms with Crippen molar-refractivity contribution in [2.24, 2.45) is 11.8 Å². The van der Waals surface area contributed by atoms with Gasteiger partial charge >= 0.3 is 0 Å². The van der Waals surface area contributed by atoms with Crippen LogP contribution in [0.4, 0.5) is 10.2 Å².